The van der Waals surface area contributed by atoms with Crippen LogP contribution in [0.2, 0.25) is 0 Å². The third-order valence-electron chi connectivity index (χ3n) is 2.38. The fourth-order valence-corrected chi connectivity index (χ4v) is 1.68. The topological polar surface area (TPSA) is 51.2 Å². The average Bonchev–Trinajstić information content (AvgIpc) is 2.53. The predicted octanol–water partition coefficient (Wildman–Crippen LogP) is 0.110. The van der Waals surface area contributed by atoms with Crippen LogP contribution in [0.5, 0.6) is 0 Å². The first kappa shape index (κ1) is 6.88. The van der Waals surface area contributed by atoms with E-state index in [2.05, 4.69) is 4.57 Å². The Hall–Kier alpha value is -0.800. The van der Waals surface area contributed by atoms with Crippen molar-refractivity contribution in [3.8, 4) is 0 Å². The molecule has 0 radical (unpaired) electrons. The van der Waals surface area contributed by atoms with Crippen LogP contribution in [0.4, 0.5) is 0 Å². The molecule has 11 heavy (non-hydrogen) atoms. The molecule has 0 bridgehead atoms. The molecule has 0 spiro atoms. The number of hydrogen-bond acceptors (Lipinski definition) is 2. The monoisotopic (exact) mass is 152 g/mol. The summed E-state index contributed by atoms with van der Waals surface area (Å²) in [5.41, 5.74) is 7.01. The maximum atomic E-state index is 8.93. The predicted molar refractivity (Wildman–Crippen MR) is 41.9 cm³/mol. The van der Waals surface area contributed by atoms with Crippen LogP contribution >= 0.6 is 0 Å². The number of aromatic nitrogens is 1. The van der Waals surface area contributed by atoms with Crippen LogP contribution in [-0.2, 0) is 6.54 Å². The Bertz CT molecular complexity index is 256. The van der Waals surface area contributed by atoms with E-state index in [9.17, 15) is 0 Å². The van der Waals surface area contributed by atoms with E-state index in [1.807, 2.05) is 18.3 Å². The summed E-state index contributed by atoms with van der Waals surface area (Å²) in [4.78, 5) is 0. The fourth-order valence-electron chi connectivity index (χ4n) is 1.68. The first-order chi connectivity index (χ1) is 5.33. The molecule has 0 saturated heterocycles. The molecule has 2 atom stereocenters. The summed E-state index contributed by atoms with van der Waals surface area (Å²) in [6, 6.07) is 4.03. The summed E-state index contributed by atoms with van der Waals surface area (Å²) >= 11 is 0. The zero-order valence-corrected chi connectivity index (χ0v) is 6.27. The summed E-state index contributed by atoms with van der Waals surface area (Å²) < 4.78 is 2.10. The van der Waals surface area contributed by atoms with Gasteiger partial charge in [0, 0.05) is 31.0 Å². The van der Waals surface area contributed by atoms with E-state index in [4.69, 9.17) is 10.8 Å². The van der Waals surface area contributed by atoms with Gasteiger partial charge in [0.15, 0.2) is 0 Å². The molecule has 3 N–H and O–H groups in total. The Kier molecular flexibility index (Phi) is 1.47. The maximum Gasteiger partial charge on any atom is 0.0517 e. The first-order valence-corrected chi connectivity index (χ1v) is 3.84. The van der Waals surface area contributed by atoms with E-state index in [1.54, 1.807) is 0 Å². The number of fused-ring (bicyclic) bond motifs is 1. The molecule has 1 aromatic rings. The van der Waals surface area contributed by atoms with Crippen molar-refractivity contribution in [2.45, 2.75) is 12.6 Å². The van der Waals surface area contributed by atoms with Crippen LogP contribution in [-0.4, -0.2) is 16.3 Å². The van der Waals surface area contributed by atoms with Crippen molar-refractivity contribution in [3.63, 3.8) is 0 Å². The van der Waals surface area contributed by atoms with Crippen LogP contribution < -0.4 is 5.73 Å². The number of nitrogens with two attached hydrogens (primary N) is 1. The molecule has 0 aromatic carbocycles. The zero-order chi connectivity index (χ0) is 7.84. The molecule has 0 aliphatic carbocycles. The van der Waals surface area contributed by atoms with E-state index < -0.39 is 0 Å². The number of hydrogen-bond donors (Lipinski definition) is 2. The van der Waals surface area contributed by atoms with Crippen LogP contribution in [0.1, 0.15) is 11.7 Å². The summed E-state index contributed by atoms with van der Waals surface area (Å²) in [7, 11) is 0. The van der Waals surface area contributed by atoms with Gasteiger partial charge >= 0.3 is 0 Å². The Morgan fingerprint density at radius 1 is 1.73 bits per heavy atom. The minimum absolute atomic E-state index is 0.0231. The third-order valence-corrected chi connectivity index (χ3v) is 2.38. The summed E-state index contributed by atoms with van der Waals surface area (Å²) in [5, 5.41) is 8.93. The highest BCUT2D eigenvalue weighted by molar-refractivity contribution is 5.16. The summed E-state index contributed by atoms with van der Waals surface area (Å²) in [5.74, 6) is 0.214. The Morgan fingerprint density at radius 2 is 2.55 bits per heavy atom. The van der Waals surface area contributed by atoms with Crippen molar-refractivity contribution in [3.05, 3.63) is 24.0 Å². The van der Waals surface area contributed by atoms with Gasteiger partial charge in [0.2, 0.25) is 0 Å². The standard InChI is InChI=1S/C8H12N2O/c9-8-6(5-11)4-10-3-1-2-7(8)10/h1-3,6,8,11H,4-5,9H2/t6-,8+/m0/s1. The second-order valence-electron chi connectivity index (χ2n) is 3.05. The lowest BCUT2D eigenvalue weighted by Crippen LogP contribution is -2.19. The number of nitrogens with zero attached hydrogens (tertiary/aromatic N) is 1. The molecule has 0 fully saturated rings. The van der Waals surface area contributed by atoms with Gasteiger partial charge in [-0.1, -0.05) is 0 Å². The second-order valence-corrected chi connectivity index (χ2v) is 3.05. The van der Waals surface area contributed by atoms with E-state index >= 15 is 0 Å². The Morgan fingerprint density at radius 3 is 3.18 bits per heavy atom. The average molecular weight is 152 g/mol. The quantitative estimate of drug-likeness (QED) is 0.600. The molecule has 0 unspecified atom stereocenters. The molecule has 0 amide bonds. The molecule has 3 nitrogen and oxygen atoms in total. The van der Waals surface area contributed by atoms with Crippen molar-refractivity contribution in [2.75, 3.05) is 6.61 Å². The summed E-state index contributed by atoms with van der Waals surface area (Å²) in [6.45, 7) is 1.04. The van der Waals surface area contributed by atoms with Gasteiger partial charge in [-0.25, -0.2) is 0 Å². The summed E-state index contributed by atoms with van der Waals surface area (Å²) in [6.07, 6.45) is 2.00. The van der Waals surface area contributed by atoms with E-state index in [0.717, 1.165) is 12.2 Å². The van der Waals surface area contributed by atoms with Crippen LogP contribution in [0.3, 0.4) is 0 Å². The molecule has 1 aliphatic rings. The smallest absolute Gasteiger partial charge is 0.0517 e. The zero-order valence-electron chi connectivity index (χ0n) is 6.27. The van der Waals surface area contributed by atoms with E-state index in [1.165, 1.54) is 0 Å². The van der Waals surface area contributed by atoms with Crippen LogP contribution in [0.15, 0.2) is 18.3 Å². The van der Waals surface area contributed by atoms with Crippen molar-refractivity contribution in [1.82, 2.24) is 4.57 Å². The van der Waals surface area contributed by atoms with Gasteiger partial charge in [0.05, 0.1) is 6.04 Å². The Balaban J connectivity index is 2.30. The van der Waals surface area contributed by atoms with Crippen LogP contribution in [0, 0.1) is 5.92 Å². The minimum atomic E-state index is 0.0231. The van der Waals surface area contributed by atoms with Crippen LogP contribution in [0.25, 0.3) is 0 Å². The van der Waals surface area contributed by atoms with Gasteiger partial charge in [-0.2, -0.15) is 0 Å². The molecule has 2 rings (SSSR count). The lowest BCUT2D eigenvalue weighted by molar-refractivity contribution is 0.207. The molecule has 0 saturated carbocycles. The largest absolute Gasteiger partial charge is 0.396 e. The molecule has 1 aliphatic heterocycles. The lowest BCUT2D eigenvalue weighted by atomic mass is 10.0. The van der Waals surface area contributed by atoms with Gasteiger partial charge in [0.1, 0.15) is 0 Å². The molecule has 60 valence electrons. The van der Waals surface area contributed by atoms with Gasteiger partial charge in [0.25, 0.3) is 0 Å². The lowest BCUT2D eigenvalue weighted by Gasteiger charge is -2.09. The highest BCUT2D eigenvalue weighted by Gasteiger charge is 2.28. The highest BCUT2D eigenvalue weighted by atomic mass is 16.3. The first-order valence-electron chi connectivity index (χ1n) is 3.84. The van der Waals surface area contributed by atoms with Crippen molar-refractivity contribution in [2.24, 2.45) is 11.7 Å². The number of rotatable bonds is 1. The van der Waals surface area contributed by atoms with Gasteiger partial charge in [-0.3, -0.25) is 0 Å². The maximum absolute atomic E-state index is 8.93. The normalized spacial score (nSPS) is 28.9. The third kappa shape index (κ3) is 0.886. The van der Waals surface area contributed by atoms with Crippen molar-refractivity contribution >= 4 is 0 Å². The van der Waals surface area contributed by atoms with Gasteiger partial charge < -0.3 is 15.4 Å². The molecular weight excluding hydrogens is 140 g/mol. The molecular formula is C8H12N2O. The fraction of sp³-hybridized carbons (Fsp3) is 0.500. The van der Waals surface area contributed by atoms with Crippen molar-refractivity contribution in [1.29, 1.82) is 0 Å². The van der Waals surface area contributed by atoms with Gasteiger partial charge in [-0.05, 0) is 12.1 Å². The SMILES string of the molecule is N[C@H]1c2cccn2C[C@H]1CO. The second kappa shape index (κ2) is 2.36. The number of aliphatic hydroxyl groups is 1. The van der Waals surface area contributed by atoms with E-state index in [-0.39, 0.29) is 18.6 Å². The molecule has 1 aromatic heterocycles. The van der Waals surface area contributed by atoms with Crippen molar-refractivity contribution < 1.29 is 5.11 Å². The van der Waals surface area contributed by atoms with E-state index in [0.29, 0.717) is 0 Å². The van der Waals surface area contributed by atoms with Gasteiger partial charge in [-0.15, -0.1) is 0 Å². The minimum Gasteiger partial charge on any atom is -0.396 e. The molecule has 2 heterocycles. The highest BCUT2D eigenvalue weighted by Crippen LogP contribution is 2.28. The Labute approximate surface area is 65.4 Å². The molecule has 3 heteroatoms. The number of aliphatic hydroxyl groups excluding tert-OH is 1.